The predicted molar refractivity (Wildman–Crippen MR) is 63.6 cm³/mol. The Morgan fingerprint density at radius 3 is 2.88 bits per heavy atom. The standard InChI is InChI=1S/C12H13N3O/c1-13-11-6-7-14-12(15-11)9-4-3-5-10(8-9)16-2/h3-8H,1-2H3,(H,13,14,15). The number of anilines is 1. The summed E-state index contributed by atoms with van der Waals surface area (Å²) in [6, 6.07) is 9.50. The van der Waals surface area contributed by atoms with E-state index in [1.807, 2.05) is 37.4 Å². The lowest BCUT2D eigenvalue weighted by Crippen LogP contribution is -1.95. The van der Waals surface area contributed by atoms with Crippen molar-refractivity contribution in [1.29, 1.82) is 0 Å². The molecule has 0 saturated carbocycles. The van der Waals surface area contributed by atoms with Gasteiger partial charge >= 0.3 is 0 Å². The molecule has 0 saturated heterocycles. The van der Waals surface area contributed by atoms with E-state index < -0.39 is 0 Å². The topological polar surface area (TPSA) is 47.0 Å². The van der Waals surface area contributed by atoms with Crippen LogP contribution in [0.5, 0.6) is 5.75 Å². The van der Waals surface area contributed by atoms with E-state index in [1.54, 1.807) is 13.3 Å². The largest absolute Gasteiger partial charge is 0.497 e. The van der Waals surface area contributed by atoms with Crippen LogP contribution in [0.1, 0.15) is 0 Å². The molecule has 0 aliphatic heterocycles. The van der Waals surface area contributed by atoms with Crippen molar-refractivity contribution in [3.05, 3.63) is 36.5 Å². The van der Waals surface area contributed by atoms with Gasteiger partial charge in [-0.25, -0.2) is 9.97 Å². The molecular formula is C12H13N3O. The molecule has 0 spiro atoms. The van der Waals surface area contributed by atoms with E-state index in [0.29, 0.717) is 5.82 Å². The molecule has 0 fully saturated rings. The Balaban J connectivity index is 2.41. The number of nitrogens with zero attached hydrogens (tertiary/aromatic N) is 2. The molecule has 0 amide bonds. The lowest BCUT2D eigenvalue weighted by molar-refractivity contribution is 0.415. The molecule has 2 rings (SSSR count). The normalized spacial score (nSPS) is 9.88. The van der Waals surface area contributed by atoms with E-state index in [1.165, 1.54) is 0 Å². The van der Waals surface area contributed by atoms with Gasteiger partial charge in [-0.2, -0.15) is 0 Å². The molecule has 0 unspecified atom stereocenters. The zero-order valence-corrected chi connectivity index (χ0v) is 9.27. The third-order valence-corrected chi connectivity index (χ3v) is 2.24. The van der Waals surface area contributed by atoms with Crippen molar-refractivity contribution in [1.82, 2.24) is 9.97 Å². The summed E-state index contributed by atoms with van der Waals surface area (Å²) in [6.45, 7) is 0. The fraction of sp³-hybridized carbons (Fsp3) is 0.167. The number of nitrogens with one attached hydrogen (secondary N) is 1. The van der Waals surface area contributed by atoms with Crippen LogP contribution in [0.3, 0.4) is 0 Å². The zero-order valence-electron chi connectivity index (χ0n) is 9.27. The van der Waals surface area contributed by atoms with Gasteiger partial charge in [0.25, 0.3) is 0 Å². The van der Waals surface area contributed by atoms with Crippen molar-refractivity contribution >= 4 is 5.82 Å². The van der Waals surface area contributed by atoms with Crippen LogP contribution in [-0.4, -0.2) is 24.1 Å². The third kappa shape index (κ3) is 2.11. The highest BCUT2D eigenvalue weighted by atomic mass is 16.5. The van der Waals surface area contributed by atoms with E-state index in [0.717, 1.165) is 17.1 Å². The van der Waals surface area contributed by atoms with Crippen LogP contribution in [0.15, 0.2) is 36.5 Å². The van der Waals surface area contributed by atoms with Gasteiger partial charge in [0.1, 0.15) is 11.6 Å². The Morgan fingerprint density at radius 2 is 2.12 bits per heavy atom. The average molecular weight is 215 g/mol. The maximum absolute atomic E-state index is 5.16. The number of rotatable bonds is 3. The third-order valence-electron chi connectivity index (χ3n) is 2.24. The van der Waals surface area contributed by atoms with Crippen LogP contribution in [0, 0.1) is 0 Å². The first-order valence-corrected chi connectivity index (χ1v) is 4.98. The molecule has 0 aliphatic carbocycles. The molecule has 16 heavy (non-hydrogen) atoms. The van der Waals surface area contributed by atoms with Crippen molar-refractivity contribution in [2.24, 2.45) is 0 Å². The highest BCUT2D eigenvalue weighted by Crippen LogP contribution is 2.21. The molecule has 1 aromatic heterocycles. The lowest BCUT2D eigenvalue weighted by Gasteiger charge is -2.04. The van der Waals surface area contributed by atoms with Gasteiger partial charge in [0.05, 0.1) is 7.11 Å². The summed E-state index contributed by atoms with van der Waals surface area (Å²) in [5.74, 6) is 2.29. The minimum atomic E-state index is 0.686. The number of hydrogen-bond donors (Lipinski definition) is 1. The minimum Gasteiger partial charge on any atom is -0.497 e. The SMILES string of the molecule is CNc1ccnc(-c2cccc(OC)c2)n1. The molecule has 4 heteroatoms. The average Bonchev–Trinajstić information content (AvgIpc) is 2.39. The summed E-state index contributed by atoms with van der Waals surface area (Å²) >= 11 is 0. The first-order valence-electron chi connectivity index (χ1n) is 4.98. The number of ether oxygens (including phenoxy) is 1. The first-order chi connectivity index (χ1) is 7.83. The summed E-state index contributed by atoms with van der Waals surface area (Å²) in [6.07, 6.45) is 1.73. The van der Waals surface area contributed by atoms with Crippen molar-refractivity contribution in [3.63, 3.8) is 0 Å². The van der Waals surface area contributed by atoms with Crippen LogP contribution in [-0.2, 0) is 0 Å². The maximum Gasteiger partial charge on any atom is 0.161 e. The van der Waals surface area contributed by atoms with E-state index in [-0.39, 0.29) is 0 Å². The van der Waals surface area contributed by atoms with Gasteiger partial charge in [-0.3, -0.25) is 0 Å². The summed E-state index contributed by atoms with van der Waals surface area (Å²) < 4.78 is 5.16. The van der Waals surface area contributed by atoms with Crippen molar-refractivity contribution in [2.45, 2.75) is 0 Å². The van der Waals surface area contributed by atoms with Gasteiger partial charge in [-0.15, -0.1) is 0 Å². The van der Waals surface area contributed by atoms with Gasteiger partial charge in [-0.05, 0) is 18.2 Å². The minimum absolute atomic E-state index is 0.686. The smallest absolute Gasteiger partial charge is 0.161 e. The summed E-state index contributed by atoms with van der Waals surface area (Å²) in [7, 11) is 3.47. The lowest BCUT2D eigenvalue weighted by atomic mass is 10.2. The molecular weight excluding hydrogens is 202 g/mol. The first kappa shape index (κ1) is 10.4. The second kappa shape index (κ2) is 4.61. The van der Waals surface area contributed by atoms with Gasteiger partial charge in [0.2, 0.25) is 0 Å². The summed E-state index contributed by atoms with van der Waals surface area (Å²) in [4.78, 5) is 8.59. The number of aromatic nitrogens is 2. The molecule has 1 N–H and O–H groups in total. The molecule has 82 valence electrons. The highest BCUT2D eigenvalue weighted by molar-refractivity contribution is 5.58. The number of methoxy groups -OCH3 is 1. The number of benzene rings is 1. The van der Waals surface area contributed by atoms with Gasteiger partial charge in [0, 0.05) is 18.8 Å². The van der Waals surface area contributed by atoms with E-state index in [4.69, 9.17) is 4.74 Å². The number of hydrogen-bond acceptors (Lipinski definition) is 4. The highest BCUT2D eigenvalue weighted by Gasteiger charge is 2.02. The van der Waals surface area contributed by atoms with Crippen LogP contribution in [0.4, 0.5) is 5.82 Å². The Hall–Kier alpha value is -2.10. The van der Waals surface area contributed by atoms with E-state index in [2.05, 4.69) is 15.3 Å². The molecule has 1 heterocycles. The zero-order chi connectivity index (χ0) is 11.4. The maximum atomic E-state index is 5.16. The van der Waals surface area contributed by atoms with E-state index in [9.17, 15) is 0 Å². The van der Waals surface area contributed by atoms with Gasteiger partial charge in [-0.1, -0.05) is 12.1 Å². The quantitative estimate of drug-likeness (QED) is 0.852. The summed E-state index contributed by atoms with van der Waals surface area (Å²) in [5, 5.41) is 2.98. The van der Waals surface area contributed by atoms with E-state index >= 15 is 0 Å². The Labute approximate surface area is 94.3 Å². The molecule has 1 aromatic carbocycles. The Kier molecular flexibility index (Phi) is 3.00. The fourth-order valence-electron chi connectivity index (χ4n) is 1.40. The molecule has 0 bridgehead atoms. The fourth-order valence-corrected chi connectivity index (χ4v) is 1.40. The van der Waals surface area contributed by atoms with Crippen LogP contribution in [0.25, 0.3) is 11.4 Å². The van der Waals surface area contributed by atoms with Crippen molar-refractivity contribution in [3.8, 4) is 17.1 Å². The van der Waals surface area contributed by atoms with Crippen LogP contribution in [0.2, 0.25) is 0 Å². The second-order valence-corrected chi connectivity index (χ2v) is 3.25. The van der Waals surface area contributed by atoms with Crippen molar-refractivity contribution in [2.75, 3.05) is 19.5 Å². The molecule has 4 nitrogen and oxygen atoms in total. The van der Waals surface area contributed by atoms with Crippen LogP contribution < -0.4 is 10.1 Å². The van der Waals surface area contributed by atoms with Crippen molar-refractivity contribution < 1.29 is 4.74 Å². The van der Waals surface area contributed by atoms with Gasteiger partial charge in [0.15, 0.2) is 5.82 Å². The molecule has 0 atom stereocenters. The Morgan fingerprint density at radius 1 is 1.25 bits per heavy atom. The molecule has 0 radical (unpaired) electrons. The van der Waals surface area contributed by atoms with Crippen LogP contribution >= 0.6 is 0 Å². The Bertz CT molecular complexity index is 440. The second-order valence-electron chi connectivity index (χ2n) is 3.25. The van der Waals surface area contributed by atoms with Gasteiger partial charge < -0.3 is 10.1 Å². The monoisotopic (exact) mass is 215 g/mol. The molecule has 0 aliphatic rings. The molecule has 2 aromatic rings. The summed E-state index contributed by atoms with van der Waals surface area (Å²) in [5.41, 5.74) is 0.941. The predicted octanol–water partition coefficient (Wildman–Crippen LogP) is 2.19.